The summed E-state index contributed by atoms with van der Waals surface area (Å²) in [6.07, 6.45) is 5.05. The number of benzene rings is 1. The zero-order valence-corrected chi connectivity index (χ0v) is 13.3. The summed E-state index contributed by atoms with van der Waals surface area (Å²) in [5, 5.41) is 3.64. The minimum absolute atomic E-state index is 0.429. The summed E-state index contributed by atoms with van der Waals surface area (Å²) in [7, 11) is 1.68. The predicted octanol–water partition coefficient (Wildman–Crippen LogP) is 2.37. The first-order valence-corrected chi connectivity index (χ1v) is 8.06. The van der Waals surface area contributed by atoms with Gasteiger partial charge in [-0.05, 0) is 44.4 Å². The molecule has 4 nitrogen and oxygen atoms in total. The van der Waals surface area contributed by atoms with Crippen LogP contribution in [0, 0.1) is 0 Å². The van der Waals surface area contributed by atoms with E-state index in [0.29, 0.717) is 11.0 Å². The Hall–Kier alpha value is -1.33. The Labute approximate surface area is 131 Å². The van der Waals surface area contributed by atoms with Gasteiger partial charge in [-0.25, -0.2) is 0 Å². The number of nitrogens with one attached hydrogen (secondary N) is 1. The number of hydrogen-bond donors (Lipinski definition) is 2. The summed E-state index contributed by atoms with van der Waals surface area (Å²) >= 11 is 5.16. The Bertz CT molecular complexity index is 534. The number of thiocarbonyl (C=S) groups is 1. The molecule has 0 saturated carbocycles. The van der Waals surface area contributed by atoms with E-state index in [1.54, 1.807) is 7.11 Å². The zero-order valence-electron chi connectivity index (χ0n) is 12.5. The highest BCUT2D eigenvalue weighted by molar-refractivity contribution is 7.80. The molecule has 0 aliphatic carbocycles. The molecule has 2 aliphatic rings. The monoisotopic (exact) mass is 305 g/mol. The van der Waals surface area contributed by atoms with Crippen LogP contribution < -0.4 is 15.8 Å². The molecule has 1 aromatic rings. The number of rotatable bonds is 4. The first kappa shape index (κ1) is 14.6. The summed E-state index contributed by atoms with van der Waals surface area (Å²) in [6.45, 7) is 2.46. The Morgan fingerprint density at radius 3 is 3.00 bits per heavy atom. The first-order valence-electron chi connectivity index (χ1n) is 7.66. The average molecular weight is 305 g/mol. The molecule has 1 aromatic carbocycles. The van der Waals surface area contributed by atoms with Crippen molar-refractivity contribution in [3.8, 4) is 5.75 Å². The largest absolute Gasteiger partial charge is 0.497 e. The van der Waals surface area contributed by atoms with Crippen LogP contribution >= 0.6 is 12.2 Å². The molecule has 2 saturated heterocycles. The molecule has 2 unspecified atom stereocenters. The van der Waals surface area contributed by atoms with E-state index in [1.807, 2.05) is 18.2 Å². The smallest absolute Gasteiger partial charge is 0.120 e. The van der Waals surface area contributed by atoms with Crippen molar-refractivity contribution in [2.75, 3.05) is 25.5 Å². The van der Waals surface area contributed by atoms with E-state index in [2.05, 4.69) is 10.2 Å². The maximum Gasteiger partial charge on any atom is 0.120 e. The zero-order chi connectivity index (χ0) is 14.8. The molecular weight excluding hydrogens is 282 g/mol. The van der Waals surface area contributed by atoms with Gasteiger partial charge < -0.3 is 20.7 Å². The molecule has 114 valence electrons. The molecule has 0 spiro atoms. The van der Waals surface area contributed by atoms with Crippen molar-refractivity contribution in [2.24, 2.45) is 5.73 Å². The second-order valence-corrected chi connectivity index (χ2v) is 6.41. The topological polar surface area (TPSA) is 50.5 Å². The lowest BCUT2D eigenvalue weighted by Gasteiger charge is -2.36. The molecule has 0 bridgehead atoms. The van der Waals surface area contributed by atoms with E-state index in [-0.39, 0.29) is 0 Å². The van der Waals surface area contributed by atoms with Crippen LogP contribution in [0.25, 0.3) is 0 Å². The van der Waals surface area contributed by atoms with E-state index < -0.39 is 0 Å². The van der Waals surface area contributed by atoms with Gasteiger partial charge in [0.2, 0.25) is 0 Å². The summed E-state index contributed by atoms with van der Waals surface area (Å²) < 4.78 is 5.32. The van der Waals surface area contributed by atoms with Crippen LogP contribution in [-0.2, 0) is 0 Å². The van der Waals surface area contributed by atoms with Crippen LogP contribution in [-0.4, -0.2) is 42.2 Å². The van der Waals surface area contributed by atoms with Crippen molar-refractivity contribution in [1.29, 1.82) is 0 Å². The van der Waals surface area contributed by atoms with Gasteiger partial charge in [-0.2, -0.15) is 0 Å². The van der Waals surface area contributed by atoms with E-state index in [9.17, 15) is 0 Å². The third-order valence-electron chi connectivity index (χ3n) is 4.67. The highest BCUT2D eigenvalue weighted by Crippen LogP contribution is 2.30. The molecule has 0 aromatic heterocycles. The van der Waals surface area contributed by atoms with Gasteiger partial charge in [-0.1, -0.05) is 12.2 Å². The second-order valence-electron chi connectivity index (χ2n) is 5.97. The van der Waals surface area contributed by atoms with E-state index in [1.165, 1.54) is 38.8 Å². The van der Waals surface area contributed by atoms with Gasteiger partial charge in [0.1, 0.15) is 10.7 Å². The molecule has 0 radical (unpaired) electrons. The van der Waals surface area contributed by atoms with Crippen LogP contribution in [0.1, 0.15) is 31.2 Å². The standard InChI is InChI=1S/C16H23N3OS/c1-20-13-4-5-14(16(17)21)15(10-13)18-11-6-8-19-7-2-3-12(19)9-11/h4-5,10-12,18H,2-3,6-9H2,1H3,(H2,17,21). The van der Waals surface area contributed by atoms with Crippen LogP contribution in [0.15, 0.2) is 18.2 Å². The number of anilines is 1. The van der Waals surface area contributed by atoms with E-state index in [0.717, 1.165) is 23.0 Å². The minimum Gasteiger partial charge on any atom is -0.497 e. The summed E-state index contributed by atoms with van der Waals surface area (Å²) in [4.78, 5) is 3.05. The molecular formula is C16H23N3OS. The highest BCUT2D eigenvalue weighted by Gasteiger charge is 2.31. The minimum atomic E-state index is 0.429. The summed E-state index contributed by atoms with van der Waals surface area (Å²) in [6, 6.07) is 7.07. The first-order chi connectivity index (χ1) is 10.2. The van der Waals surface area contributed by atoms with E-state index >= 15 is 0 Å². The third-order valence-corrected chi connectivity index (χ3v) is 4.89. The number of hydrogen-bond acceptors (Lipinski definition) is 4. The van der Waals surface area contributed by atoms with Gasteiger partial charge in [0, 0.05) is 35.9 Å². The lowest BCUT2D eigenvalue weighted by molar-refractivity contribution is 0.188. The van der Waals surface area contributed by atoms with Crippen molar-refractivity contribution in [3.05, 3.63) is 23.8 Å². The van der Waals surface area contributed by atoms with Crippen molar-refractivity contribution in [2.45, 2.75) is 37.8 Å². The van der Waals surface area contributed by atoms with Gasteiger partial charge in [-0.15, -0.1) is 0 Å². The Balaban J connectivity index is 1.75. The average Bonchev–Trinajstić information content (AvgIpc) is 2.94. The van der Waals surface area contributed by atoms with E-state index in [4.69, 9.17) is 22.7 Å². The summed E-state index contributed by atoms with van der Waals surface area (Å²) in [5.74, 6) is 0.829. The number of methoxy groups -OCH3 is 1. The number of nitrogens with two attached hydrogens (primary N) is 1. The Morgan fingerprint density at radius 1 is 1.38 bits per heavy atom. The number of nitrogens with zero attached hydrogens (tertiary/aromatic N) is 1. The van der Waals surface area contributed by atoms with Crippen LogP contribution in [0.2, 0.25) is 0 Å². The van der Waals surface area contributed by atoms with Crippen LogP contribution in [0.5, 0.6) is 5.75 Å². The lowest BCUT2D eigenvalue weighted by Crippen LogP contribution is -2.42. The summed E-state index contributed by atoms with van der Waals surface area (Å²) in [5.41, 5.74) is 7.74. The Morgan fingerprint density at radius 2 is 2.24 bits per heavy atom. The lowest BCUT2D eigenvalue weighted by atomic mass is 9.97. The van der Waals surface area contributed by atoms with Crippen molar-refractivity contribution >= 4 is 22.9 Å². The SMILES string of the molecule is COc1ccc(C(N)=S)c(NC2CCN3CCCC3C2)c1. The maximum absolute atomic E-state index is 5.84. The molecule has 0 amide bonds. The molecule has 2 fully saturated rings. The van der Waals surface area contributed by atoms with Gasteiger partial charge >= 0.3 is 0 Å². The molecule has 21 heavy (non-hydrogen) atoms. The third kappa shape index (κ3) is 3.14. The van der Waals surface area contributed by atoms with Crippen molar-refractivity contribution < 1.29 is 4.74 Å². The highest BCUT2D eigenvalue weighted by atomic mass is 32.1. The van der Waals surface area contributed by atoms with Gasteiger partial charge in [0.25, 0.3) is 0 Å². The second kappa shape index (κ2) is 6.20. The van der Waals surface area contributed by atoms with Gasteiger partial charge in [-0.3, -0.25) is 0 Å². The molecule has 5 heteroatoms. The quantitative estimate of drug-likeness (QED) is 0.837. The fraction of sp³-hybridized carbons (Fsp3) is 0.562. The molecule has 2 aliphatic heterocycles. The van der Waals surface area contributed by atoms with Crippen LogP contribution in [0.4, 0.5) is 5.69 Å². The van der Waals surface area contributed by atoms with Gasteiger partial charge in [0.05, 0.1) is 7.11 Å². The maximum atomic E-state index is 5.84. The Kier molecular flexibility index (Phi) is 4.31. The van der Waals surface area contributed by atoms with Crippen molar-refractivity contribution in [1.82, 2.24) is 4.90 Å². The molecule has 2 heterocycles. The van der Waals surface area contributed by atoms with Crippen molar-refractivity contribution in [3.63, 3.8) is 0 Å². The number of ether oxygens (including phenoxy) is 1. The molecule has 3 rings (SSSR count). The van der Waals surface area contributed by atoms with Gasteiger partial charge in [0.15, 0.2) is 0 Å². The fourth-order valence-electron chi connectivity index (χ4n) is 3.56. The van der Waals surface area contributed by atoms with Crippen LogP contribution in [0.3, 0.4) is 0 Å². The molecule has 2 atom stereocenters. The fourth-order valence-corrected chi connectivity index (χ4v) is 3.74. The predicted molar refractivity (Wildman–Crippen MR) is 90.1 cm³/mol. The number of piperidine rings is 1. The number of fused-ring (bicyclic) bond motifs is 1. The normalized spacial score (nSPS) is 25.4. The molecule has 3 N–H and O–H groups in total.